The second-order valence-corrected chi connectivity index (χ2v) is 5.51. The summed E-state index contributed by atoms with van der Waals surface area (Å²) in [4.78, 5) is 11.2. The van der Waals surface area contributed by atoms with Gasteiger partial charge < -0.3 is 10.4 Å². The number of unbranched alkanes of at least 4 members (excludes halogenated alkanes) is 1. The van der Waals surface area contributed by atoms with Gasteiger partial charge in [-0.1, -0.05) is 39.5 Å². The molecule has 17 heavy (non-hydrogen) atoms. The first-order chi connectivity index (χ1) is 8.13. The third kappa shape index (κ3) is 5.53. The van der Waals surface area contributed by atoms with Crippen molar-refractivity contribution in [3.05, 3.63) is 0 Å². The Kier molecular flexibility index (Phi) is 6.56. The van der Waals surface area contributed by atoms with Crippen molar-refractivity contribution in [3.63, 3.8) is 0 Å². The molecule has 3 unspecified atom stereocenters. The van der Waals surface area contributed by atoms with E-state index in [1.54, 1.807) is 0 Å². The molecule has 1 aliphatic rings. The fraction of sp³-hybridized carbons (Fsp3) is 0.929. The van der Waals surface area contributed by atoms with Crippen molar-refractivity contribution in [3.8, 4) is 0 Å². The van der Waals surface area contributed by atoms with Crippen molar-refractivity contribution in [1.29, 1.82) is 0 Å². The second kappa shape index (κ2) is 7.70. The van der Waals surface area contributed by atoms with Crippen LogP contribution in [0.4, 0.5) is 0 Å². The molecule has 3 heteroatoms. The van der Waals surface area contributed by atoms with Crippen LogP contribution in [0, 0.1) is 5.92 Å². The molecule has 0 amide bonds. The Morgan fingerprint density at radius 1 is 1.35 bits per heavy atom. The molecule has 0 radical (unpaired) electrons. The lowest BCUT2D eigenvalue weighted by atomic mass is 10.0. The van der Waals surface area contributed by atoms with Crippen LogP contribution >= 0.6 is 0 Å². The van der Waals surface area contributed by atoms with Crippen molar-refractivity contribution in [2.24, 2.45) is 5.92 Å². The molecular weight excluding hydrogens is 214 g/mol. The van der Waals surface area contributed by atoms with Crippen LogP contribution in [0.5, 0.6) is 0 Å². The smallest absolute Gasteiger partial charge is 0.320 e. The quantitative estimate of drug-likeness (QED) is 0.702. The van der Waals surface area contributed by atoms with E-state index in [-0.39, 0.29) is 6.04 Å². The normalized spacial score (nSPS) is 27.4. The Labute approximate surface area is 105 Å². The average molecular weight is 241 g/mol. The van der Waals surface area contributed by atoms with Gasteiger partial charge in [0.25, 0.3) is 0 Å². The zero-order chi connectivity index (χ0) is 12.7. The van der Waals surface area contributed by atoms with E-state index in [1.165, 1.54) is 19.3 Å². The number of rotatable bonds is 6. The van der Waals surface area contributed by atoms with Gasteiger partial charge in [0.2, 0.25) is 0 Å². The maximum absolute atomic E-state index is 11.2. The van der Waals surface area contributed by atoms with Gasteiger partial charge in [0.15, 0.2) is 0 Å². The van der Waals surface area contributed by atoms with Gasteiger partial charge in [0.1, 0.15) is 6.04 Å². The Hall–Kier alpha value is -0.570. The van der Waals surface area contributed by atoms with E-state index < -0.39 is 5.97 Å². The summed E-state index contributed by atoms with van der Waals surface area (Å²) in [6, 6.07) is 0.0752. The minimum Gasteiger partial charge on any atom is -0.480 e. The SMILES string of the molecule is CCCCC(NC1CCCC(C)CC1)C(=O)O. The van der Waals surface area contributed by atoms with E-state index in [9.17, 15) is 9.90 Å². The van der Waals surface area contributed by atoms with E-state index in [4.69, 9.17) is 0 Å². The molecule has 0 saturated heterocycles. The molecule has 0 aromatic rings. The number of hydrogen-bond acceptors (Lipinski definition) is 2. The fourth-order valence-electron chi connectivity index (χ4n) is 2.62. The van der Waals surface area contributed by atoms with Crippen LogP contribution in [0.3, 0.4) is 0 Å². The van der Waals surface area contributed by atoms with E-state index in [2.05, 4.69) is 19.2 Å². The third-order valence-electron chi connectivity index (χ3n) is 3.84. The topological polar surface area (TPSA) is 49.3 Å². The summed E-state index contributed by atoms with van der Waals surface area (Å²) in [5.74, 6) is 0.122. The van der Waals surface area contributed by atoms with Gasteiger partial charge in [-0.25, -0.2) is 0 Å². The molecule has 0 heterocycles. The zero-order valence-corrected chi connectivity index (χ0v) is 11.2. The average Bonchev–Trinajstić information content (AvgIpc) is 2.49. The van der Waals surface area contributed by atoms with Crippen molar-refractivity contribution in [2.45, 2.75) is 77.3 Å². The molecule has 2 N–H and O–H groups in total. The Balaban J connectivity index is 2.39. The summed E-state index contributed by atoms with van der Waals surface area (Å²) in [5.41, 5.74) is 0. The van der Waals surface area contributed by atoms with Crippen LogP contribution in [0.1, 0.15) is 65.2 Å². The zero-order valence-electron chi connectivity index (χ0n) is 11.2. The number of carboxylic acid groups (broad SMARTS) is 1. The minimum absolute atomic E-state index is 0.339. The summed E-state index contributed by atoms with van der Waals surface area (Å²) < 4.78 is 0. The lowest BCUT2D eigenvalue weighted by molar-refractivity contribution is -0.140. The standard InChI is InChI=1S/C14H27NO2/c1-3-4-8-13(14(16)17)15-12-7-5-6-11(2)9-10-12/h11-13,15H,3-10H2,1-2H3,(H,16,17). The van der Waals surface area contributed by atoms with Gasteiger partial charge >= 0.3 is 5.97 Å². The number of hydrogen-bond donors (Lipinski definition) is 2. The van der Waals surface area contributed by atoms with Gasteiger partial charge in [-0.15, -0.1) is 0 Å². The number of carboxylic acids is 1. The van der Waals surface area contributed by atoms with Crippen molar-refractivity contribution in [2.75, 3.05) is 0 Å². The highest BCUT2D eigenvalue weighted by atomic mass is 16.4. The van der Waals surface area contributed by atoms with Gasteiger partial charge in [-0.3, -0.25) is 4.79 Å². The van der Waals surface area contributed by atoms with Gasteiger partial charge in [0, 0.05) is 6.04 Å². The van der Waals surface area contributed by atoms with Crippen LogP contribution in [-0.4, -0.2) is 23.2 Å². The van der Waals surface area contributed by atoms with E-state index in [1.807, 2.05) is 0 Å². The fourth-order valence-corrected chi connectivity index (χ4v) is 2.62. The highest BCUT2D eigenvalue weighted by Gasteiger charge is 2.22. The van der Waals surface area contributed by atoms with Crippen LogP contribution in [0.25, 0.3) is 0 Å². The van der Waals surface area contributed by atoms with Crippen LogP contribution < -0.4 is 5.32 Å². The summed E-state index contributed by atoms with van der Waals surface area (Å²) in [6.07, 6.45) is 8.86. The van der Waals surface area contributed by atoms with Crippen LogP contribution in [0.2, 0.25) is 0 Å². The molecule has 0 bridgehead atoms. The minimum atomic E-state index is -0.684. The summed E-state index contributed by atoms with van der Waals surface area (Å²) in [5, 5.41) is 12.5. The molecule has 3 atom stereocenters. The molecule has 1 rings (SSSR count). The van der Waals surface area contributed by atoms with Crippen LogP contribution in [-0.2, 0) is 4.79 Å². The van der Waals surface area contributed by atoms with Gasteiger partial charge in [0.05, 0.1) is 0 Å². The molecule has 0 aliphatic heterocycles. The monoisotopic (exact) mass is 241 g/mol. The second-order valence-electron chi connectivity index (χ2n) is 5.51. The maximum atomic E-state index is 11.2. The predicted octanol–water partition coefficient (Wildman–Crippen LogP) is 3.19. The van der Waals surface area contributed by atoms with Gasteiger partial charge in [-0.2, -0.15) is 0 Å². The van der Waals surface area contributed by atoms with Crippen molar-refractivity contribution in [1.82, 2.24) is 5.32 Å². The molecule has 1 saturated carbocycles. The van der Waals surface area contributed by atoms with E-state index >= 15 is 0 Å². The lowest BCUT2D eigenvalue weighted by Gasteiger charge is -2.22. The molecule has 1 aliphatic carbocycles. The summed E-state index contributed by atoms with van der Waals surface area (Å²) >= 11 is 0. The van der Waals surface area contributed by atoms with Gasteiger partial charge in [-0.05, 0) is 31.6 Å². The molecule has 100 valence electrons. The molecule has 1 fully saturated rings. The number of carbonyl (C=O) groups is 1. The predicted molar refractivity (Wildman–Crippen MR) is 70.1 cm³/mol. The first-order valence-corrected chi connectivity index (χ1v) is 7.12. The Morgan fingerprint density at radius 2 is 2.12 bits per heavy atom. The summed E-state index contributed by atoms with van der Waals surface area (Å²) in [7, 11) is 0. The van der Waals surface area contributed by atoms with Crippen molar-refractivity contribution >= 4 is 5.97 Å². The first-order valence-electron chi connectivity index (χ1n) is 7.12. The number of aliphatic carboxylic acids is 1. The maximum Gasteiger partial charge on any atom is 0.320 e. The van der Waals surface area contributed by atoms with E-state index in [0.29, 0.717) is 6.04 Å². The highest BCUT2D eigenvalue weighted by Crippen LogP contribution is 2.23. The largest absolute Gasteiger partial charge is 0.480 e. The first kappa shape index (κ1) is 14.5. The molecule has 0 spiro atoms. The number of nitrogens with one attached hydrogen (secondary N) is 1. The Morgan fingerprint density at radius 3 is 2.76 bits per heavy atom. The molecular formula is C14H27NO2. The molecule has 3 nitrogen and oxygen atoms in total. The van der Waals surface area contributed by atoms with Crippen molar-refractivity contribution < 1.29 is 9.90 Å². The molecule has 0 aromatic heterocycles. The van der Waals surface area contributed by atoms with Crippen LogP contribution in [0.15, 0.2) is 0 Å². The Bertz CT molecular complexity index is 230. The van der Waals surface area contributed by atoms with E-state index in [0.717, 1.165) is 38.0 Å². The summed E-state index contributed by atoms with van der Waals surface area (Å²) in [6.45, 7) is 4.40. The third-order valence-corrected chi connectivity index (χ3v) is 3.84. The lowest BCUT2D eigenvalue weighted by Crippen LogP contribution is -2.43. The molecule has 0 aromatic carbocycles. The highest BCUT2D eigenvalue weighted by molar-refractivity contribution is 5.73.